The summed E-state index contributed by atoms with van der Waals surface area (Å²) in [7, 11) is 0. The highest BCUT2D eigenvalue weighted by molar-refractivity contribution is 7.10. The van der Waals surface area contributed by atoms with Gasteiger partial charge in [-0.05, 0) is 66.8 Å². The van der Waals surface area contributed by atoms with Crippen LogP contribution in [0, 0.1) is 18.7 Å². The molecule has 3 nitrogen and oxygen atoms in total. The van der Waals surface area contributed by atoms with Crippen LogP contribution >= 0.6 is 11.3 Å². The molecule has 2 heterocycles. The van der Waals surface area contributed by atoms with Crippen molar-refractivity contribution >= 4 is 22.9 Å². The summed E-state index contributed by atoms with van der Waals surface area (Å²) in [6.45, 7) is 3.06. The highest BCUT2D eigenvalue weighted by Gasteiger charge is 2.40. The minimum atomic E-state index is -0.374. The normalized spacial score (nSPS) is 20.7. The number of nitrogens with zero attached hydrogens (tertiary/aromatic N) is 1. The van der Waals surface area contributed by atoms with Crippen molar-refractivity contribution in [2.45, 2.75) is 32.2 Å². The highest BCUT2D eigenvalue weighted by atomic mass is 32.1. The number of fused-ring (bicyclic) bond motifs is 1. The van der Waals surface area contributed by atoms with Crippen molar-refractivity contribution in [1.82, 2.24) is 4.90 Å². The van der Waals surface area contributed by atoms with E-state index >= 15 is 0 Å². The summed E-state index contributed by atoms with van der Waals surface area (Å²) in [4.78, 5) is 16.2. The number of halogens is 1. The van der Waals surface area contributed by atoms with E-state index in [-0.39, 0.29) is 17.4 Å². The maximum Gasteiger partial charge on any atom is 0.238 e. The van der Waals surface area contributed by atoms with Gasteiger partial charge >= 0.3 is 0 Å². The lowest BCUT2D eigenvalue weighted by molar-refractivity contribution is -0.118. The number of carbonyl (C=O) groups excluding carboxylic acids is 1. The quantitative estimate of drug-likeness (QED) is 0.904. The minimum absolute atomic E-state index is 0.137. The number of rotatable bonds is 4. The van der Waals surface area contributed by atoms with Crippen molar-refractivity contribution in [3.8, 4) is 0 Å². The van der Waals surface area contributed by atoms with Gasteiger partial charge in [0.05, 0.1) is 12.2 Å². The standard InChI is InChI=1S/C19H21FN2OS/c1-12-2-5-16(15(20)10-12)21-18(23)11-22-8-6-17-14(7-9-24-17)19(22)13-3-4-13/h2,5,7,9-10,13,19H,3-4,6,8,11H2,1H3,(H,21,23)/t19-/m0/s1. The molecule has 1 saturated carbocycles. The maximum absolute atomic E-state index is 13.9. The molecule has 4 rings (SSSR count). The van der Waals surface area contributed by atoms with Crippen LogP contribution < -0.4 is 5.32 Å². The van der Waals surface area contributed by atoms with Crippen LogP contribution in [0.1, 0.15) is 34.9 Å². The van der Waals surface area contributed by atoms with E-state index in [1.807, 2.05) is 24.3 Å². The molecule has 1 N–H and O–H groups in total. The van der Waals surface area contributed by atoms with Crippen molar-refractivity contribution < 1.29 is 9.18 Å². The van der Waals surface area contributed by atoms with Gasteiger partial charge in [0, 0.05) is 17.5 Å². The van der Waals surface area contributed by atoms with E-state index in [2.05, 4.69) is 21.7 Å². The number of benzene rings is 1. The highest BCUT2D eigenvalue weighted by Crippen LogP contribution is 2.48. The SMILES string of the molecule is Cc1ccc(NC(=O)CN2CCc3sccc3[C@@H]2C2CC2)c(F)c1. The van der Waals surface area contributed by atoms with Gasteiger partial charge in [0.25, 0.3) is 0 Å². The monoisotopic (exact) mass is 344 g/mol. The zero-order valence-corrected chi connectivity index (χ0v) is 14.5. The van der Waals surface area contributed by atoms with E-state index in [0.29, 0.717) is 18.5 Å². The summed E-state index contributed by atoms with van der Waals surface area (Å²) in [5, 5.41) is 4.89. The summed E-state index contributed by atoms with van der Waals surface area (Å²) in [5.41, 5.74) is 2.52. The van der Waals surface area contributed by atoms with Crippen LogP contribution in [-0.4, -0.2) is 23.9 Å². The van der Waals surface area contributed by atoms with E-state index in [1.54, 1.807) is 6.07 Å². The topological polar surface area (TPSA) is 32.3 Å². The number of amides is 1. The molecule has 0 spiro atoms. The number of thiophene rings is 1. The van der Waals surface area contributed by atoms with Gasteiger partial charge in [-0.25, -0.2) is 4.39 Å². The molecule has 1 aliphatic heterocycles. The summed E-state index contributed by atoms with van der Waals surface area (Å²) in [6, 6.07) is 7.46. The van der Waals surface area contributed by atoms with Gasteiger partial charge in [-0.15, -0.1) is 11.3 Å². The van der Waals surface area contributed by atoms with Gasteiger partial charge in [0.15, 0.2) is 0 Å². The molecule has 2 aromatic rings. The van der Waals surface area contributed by atoms with Crippen LogP contribution in [0.15, 0.2) is 29.6 Å². The second-order valence-corrected chi connectivity index (χ2v) is 7.83. The van der Waals surface area contributed by atoms with E-state index < -0.39 is 0 Å². The molecule has 0 bridgehead atoms. The first kappa shape index (κ1) is 15.8. The Hall–Kier alpha value is -1.72. The predicted molar refractivity (Wildman–Crippen MR) is 94.8 cm³/mol. The Balaban J connectivity index is 1.47. The van der Waals surface area contributed by atoms with Crippen molar-refractivity contribution in [3.05, 3.63) is 51.5 Å². The van der Waals surface area contributed by atoms with Crippen molar-refractivity contribution in [1.29, 1.82) is 0 Å². The van der Waals surface area contributed by atoms with Gasteiger partial charge in [0.2, 0.25) is 5.91 Å². The molecule has 24 heavy (non-hydrogen) atoms. The Bertz CT molecular complexity index is 768. The zero-order valence-electron chi connectivity index (χ0n) is 13.7. The molecule has 1 aromatic heterocycles. The fourth-order valence-electron chi connectivity index (χ4n) is 3.64. The molecule has 0 unspecified atom stereocenters. The lowest BCUT2D eigenvalue weighted by Crippen LogP contribution is -2.41. The minimum Gasteiger partial charge on any atom is -0.322 e. The third kappa shape index (κ3) is 3.10. The first-order valence-corrected chi connectivity index (χ1v) is 9.36. The number of aryl methyl sites for hydroxylation is 1. The number of carbonyl (C=O) groups is 1. The van der Waals surface area contributed by atoms with E-state index in [0.717, 1.165) is 18.5 Å². The van der Waals surface area contributed by atoms with Gasteiger partial charge in [-0.2, -0.15) is 0 Å². The fourth-order valence-corrected chi connectivity index (χ4v) is 4.55. The Morgan fingerprint density at radius 1 is 1.38 bits per heavy atom. The molecule has 126 valence electrons. The third-order valence-electron chi connectivity index (χ3n) is 4.93. The first-order chi connectivity index (χ1) is 11.6. The molecule has 1 aromatic carbocycles. The summed E-state index contributed by atoms with van der Waals surface area (Å²) < 4.78 is 13.9. The molecular weight excluding hydrogens is 323 g/mol. The Morgan fingerprint density at radius 3 is 2.96 bits per heavy atom. The van der Waals surface area contributed by atoms with Crippen LogP contribution in [0.2, 0.25) is 0 Å². The molecule has 1 amide bonds. The second-order valence-electron chi connectivity index (χ2n) is 6.83. The van der Waals surface area contributed by atoms with Crippen LogP contribution in [0.4, 0.5) is 10.1 Å². The fraction of sp³-hybridized carbons (Fsp3) is 0.421. The Kier molecular flexibility index (Phi) is 4.14. The smallest absolute Gasteiger partial charge is 0.238 e. The van der Waals surface area contributed by atoms with Gasteiger partial charge in [-0.1, -0.05) is 6.07 Å². The number of anilines is 1. The summed E-state index contributed by atoms with van der Waals surface area (Å²) in [5.74, 6) is 0.158. The van der Waals surface area contributed by atoms with Crippen LogP contribution in [0.25, 0.3) is 0 Å². The average molecular weight is 344 g/mol. The first-order valence-electron chi connectivity index (χ1n) is 8.48. The molecule has 1 atom stereocenters. The van der Waals surface area contributed by atoms with E-state index in [9.17, 15) is 9.18 Å². The van der Waals surface area contributed by atoms with E-state index in [1.165, 1.54) is 29.3 Å². The average Bonchev–Trinajstić information content (AvgIpc) is 3.26. The maximum atomic E-state index is 13.9. The number of hydrogen-bond acceptors (Lipinski definition) is 3. The summed E-state index contributed by atoms with van der Waals surface area (Å²) >= 11 is 1.82. The van der Waals surface area contributed by atoms with Gasteiger partial charge in [0.1, 0.15) is 5.82 Å². The molecule has 0 saturated heterocycles. The lowest BCUT2D eigenvalue weighted by Gasteiger charge is -2.35. The molecule has 2 aliphatic rings. The Labute approximate surface area is 145 Å². The molecule has 1 aliphatic carbocycles. The summed E-state index contributed by atoms with van der Waals surface area (Å²) in [6.07, 6.45) is 3.48. The van der Waals surface area contributed by atoms with Gasteiger partial charge in [-0.3, -0.25) is 9.69 Å². The second kappa shape index (κ2) is 6.30. The molecule has 0 radical (unpaired) electrons. The number of hydrogen-bond donors (Lipinski definition) is 1. The number of nitrogens with one attached hydrogen (secondary N) is 1. The molecule has 5 heteroatoms. The third-order valence-corrected chi connectivity index (χ3v) is 5.93. The predicted octanol–water partition coefficient (Wildman–Crippen LogP) is 4.14. The zero-order chi connectivity index (χ0) is 16.7. The molecule has 1 fully saturated rings. The molecular formula is C19H21FN2OS. The van der Waals surface area contributed by atoms with Crippen molar-refractivity contribution in [3.63, 3.8) is 0 Å². The van der Waals surface area contributed by atoms with Crippen molar-refractivity contribution in [2.24, 2.45) is 5.92 Å². The van der Waals surface area contributed by atoms with Crippen LogP contribution in [-0.2, 0) is 11.2 Å². The van der Waals surface area contributed by atoms with Gasteiger partial charge < -0.3 is 5.32 Å². The van der Waals surface area contributed by atoms with Crippen LogP contribution in [0.3, 0.4) is 0 Å². The van der Waals surface area contributed by atoms with Crippen molar-refractivity contribution in [2.75, 3.05) is 18.4 Å². The van der Waals surface area contributed by atoms with E-state index in [4.69, 9.17) is 0 Å². The lowest BCUT2D eigenvalue weighted by atomic mass is 9.96. The Morgan fingerprint density at radius 2 is 2.21 bits per heavy atom. The largest absolute Gasteiger partial charge is 0.322 e. The van der Waals surface area contributed by atoms with Crippen LogP contribution in [0.5, 0.6) is 0 Å².